The Kier molecular flexibility index (Phi) is 4.65. The van der Waals surface area contributed by atoms with Crippen LogP contribution in [0.3, 0.4) is 0 Å². The molecule has 0 radical (unpaired) electrons. The van der Waals surface area contributed by atoms with Crippen molar-refractivity contribution in [2.75, 3.05) is 13.2 Å². The van der Waals surface area contributed by atoms with E-state index in [0.29, 0.717) is 19.7 Å². The summed E-state index contributed by atoms with van der Waals surface area (Å²) in [7, 11) is 0. The van der Waals surface area contributed by atoms with Gasteiger partial charge in [-0.15, -0.1) is 0 Å². The van der Waals surface area contributed by atoms with Gasteiger partial charge in [0.05, 0.1) is 12.1 Å². The minimum atomic E-state index is -0.105. The highest BCUT2D eigenvalue weighted by atomic mass is 16.5. The van der Waals surface area contributed by atoms with E-state index in [1.54, 1.807) is 0 Å². The van der Waals surface area contributed by atoms with Crippen molar-refractivity contribution in [3.63, 3.8) is 0 Å². The van der Waals surface area contributed by atoms with E-state index in [1.807, 2.05) is 53.2 Å². The minimum Gasteiger partial charge on any atom is -0.492 e. The SMILES string of the molecule is CCN(Cc1cnn(CC)c1)C(=O)[C@H]1COc2ccccc2C1. The van der Waals surface area contributed by atoms with Gasteiger partial charge >= 0.3 is 0 Å². The van der Waals surface area contributed by atoms with Crippen LogP contribution in [0.4, 0.5) is 0 Å². The van der Waals surface area contributed by atoms with Gasteiger partial charge in [-0.3, -0.25) is 9.48 Å². The molecule has 1 atom stereocenters. The first-order valence-corrected chi connectivity index (χ1v) is 8.22. The predicted octanol–water partition coefficient (Wildman–Crippen LogP) is 2.50. The van der Waals surface area contributed by atoms with Crippen molar-refractivity contribution in [3.8, 4) is 5.75 Å². The van der Waals surface area contributed by atoms with Crippen LogP contribution in [0.15, 0.2) is 36.7 Å². The molecule has 122 valence electrons. The van der Waals surface area contributed by atoms with Crippen LogP contribution in [-0.2, 0) is 24.3 Å². The number of hydrogen-bond acceptors (Lipinski definition) is 3. The van der Waals surface area contributed by atoms with E-state index in [0.717, 1.165) is 29.8 Å². The zero-order valence-electron chi connectivity index (χ0n) is 13.7. The van der Waals surface area contributed by atoms with Gasteiger partial charge in [-0.1, -0.05) is 18.2 Å². The molecule has 0 fully saturated rings. The third-order valence-electron chi connectivity index (χ3n) is 4.31. The molecule has 0 N–H and O–H groups in total. The fraction of sp³-hybridized carbons (Fsp3) is 0.444. The lowest BCUT2D eigenvalue weighted by atomic mass is 9.95. The van der Waals surface area contributed by atoms with E-state index in [-0.39, 0.29) is 11.8 Å². The Morgan fingerprint density at radius 1 is 1.39 bits per heavy atom. The monoisotopic (exact) mass is 313 g/mol. The number of aryl methyl sites for hydroxylation is 1. The molecule has 0 spiro atoms. The van der Waals surface area contributed by atoms with Crippen LogP contribution in [0.5, 0.6) is 5.75 Å². The van der Waals surface area contributed by atoms with Crippen LogP contribution in [-0.4, -0.2) is 33.7 Å². The normalized spacial score (nSPS) is 16.5. The summed E-state index contributed by atoms with van der Waals surface area (Å²) in [5.74, 6) is 0.959. The summed E-state index contributed by atoms with van der Waals surface area (Å²) in [6, 6.07) is 7.96. The van der Waals surface area contributed by atoms with E-state index in [2.05, 4.69) is 12.0 Å². The second-order valence-electron chi connectivity index (χ2n) is 5.88. The van der Waals surface area contributed by atoms with Crippen molar-refractivity contribution in [2.45, 2.75) is 33.4 Å². The Bertz CT molecular complexity index is 680. The highest BCUT2D eigenvalue weighted by molar-refractivity contribution is 5.79. The summed E-state index contributed by atoms with van der Waals surface area (Å²) in [4.78, 5) is 14.7. The van der Waals surface area contributed by atoms with Gasteiger partial charge in [0.2, 0.25) is 5.91 Å². The zero-order chi connectivity index (χ0) is 16.2. The van der Waals surface area contributed by atoms with Gasteiger partial charge < -0.3 is 9.64 Å². The molecule has 5 nitrogen and oxygen atoms in total. The molecule has 3 rings (SSSR count). The number of ether oxygens (including phenoxy) is 1. The first-order valence-electron chi connectivity index (χ1n) is 8.22. The molecule has 0 saturated carbocycles. The fourth-order valence-corrected chi connectivity index (χ4v) is 2.97. The van der Waals surface area contributed by atoms with Crippen molar-refractivity contribution in [3.05, 3.63) is 47.8 Å². The molecular weight excluding hydrogens is 290 g/mol. The van der Waals surface area contributed by atoms with E-state index >= 15 is 0 Å². The number of nitrogens with zero attached hydrogens (tertiary/aromatic N) is 3. The molecule has 1 amide bonds. The smallest absolute Gasteiger partial charge is 0.229 e. The molecule has 1 aromatic carbocycles. The summed E-state index contributed by atoms with van der Waals surface area (Å²) in [6.07, 6.45) is 4.59. The number of rotatable bonds is 5. The summed E-state index contributed by atoms with van der Waals surface area (Å²) in [5, 5.41) is 4.28. The summed E-state index contributed by atoms with van der Waals surface area (Å²) in [5.41, 5.74) is 2.19. The Labute approximate surface area is 136 Å². The van der Waals surface area contributed by atoms with E-state index in [4.69, 9.17) is 4.74 Å². The average molecular weight is 313 g/mol. The maximum Gasteiger partial charge on any atom is 0.229 e. The molecule has 0 saturated heterocycles. The number of fused-ring (bicyclic) bond motifs is 1. The maximum absolute atomic E-state index is 12.8. The van der Waals surface area contributed by atoms with Gasteiger partial charge in [0.25, 0.3) is 0 Å². The summed E-state index contributed by atoms with van der Waals surface area (Å²) in [6.45, 7) is 6.66. The largest absolute Gasteiger partial charge is 0.492 e. The lowest BCUT2D eigenvalue weighted by Gasteiger charge is -2.29. The third kappa shape index (κ3) is 3.38. The van der Waals surface area contributed by atoms with Crippen LogP contribution in [0.25, 0.3) is 0 Å². The van der Waals surface area contributed by atoms with Gasteiger partial charge in [0.15, 0.2) is 0 Å². The molecule has 5 heteroatoms. The number of amides is 1. The average Bonchev–Trinajstić information content (AvgIpc) is 3.06. The maximum atomic E-state index is 12.8. The van der Waals surface area contributed by atoms with Crippen LogP contribution < -0.4 is 4.74 Å². The second-order valence-corrected chi connectivity index (χ2v) is 5.88. The van der Waals surface area contributed by atoms with E-state index < -0.39 is 0 Å². The molecule has 2 aromatic rings. The summed E-state index contributed by atoms with van der Waals surface area (Å²) >= 11 is 0. The summed E-state index contributed by atoms with van der Waals surface area (Å²) < 4.78 is 7.64. The van der Waals surface area contributed by atoms with Gasteiger partial charge in [0, 0.05) is 31.4 Å². The molecular formula is C18H23N3O2. The number of carbonyl (C=O) groups is 1. The van der Waals surface area contributed by atoms with E-state index in [9.17, 15) is 4.79 Å². The van der Waals surface area contributed by atoms with Gasteiger partial charge in [0.1, 0.15) is 12.4 Å². The van der Waals surface area contributed by atoms with Gasteiger partial charge in [-0.2, -0.15) is 5.10 Å². The van der Waals surface area contributed by atoms with Crippen molar-refractivity contribution in [2.24, 2.45) is 5.92 Å². The number of carbonyl (C=O) groups excluding carboxylic acids is 1. The molecule has 1 aliphatic heterocycles. The fourth-order valence-electron chi connectivity index (χ4n) is 2.97. The molecule has 23 heavy (non-hydrogen) atoms. The van der Waals surface area contributed by atoms with Crippen molar-refractivity contribution >= 4 is 5.91 Å². The molecule has 1 aliphatic rings. The molecule has 0 unspecified atom stereocenters. The lowest BCUT2D eigenvalue weighted by Crippen LogP contribution is -2.40. The Hall–Kier alpha value is -2.30. The van der Waals surface area contributed by atoms with Crippen LogP contribution in [0.1, 0.15) is 25.0 Å². The first-order chi connectivity index (χ1) is 11.2. The number of benzene rings is 1. The molecule has 1 aromatic heterocycles. The Balaban J connectivity index is 1.68. The van der Waals surface area contributed by atoms with Crippen molar-refractivity contribution in [1.29, 1.82) is 0 Å². The standard InChI is InChI=1S/C18H23N3O2/c1-3-20(11-14-10-19-21(4-2)12-14)18(22)16-9-15-7-5-6-8-17(15)23-13-16/h5-8,10,12,16H,3-4,9,11,13H2,1-2H3/t16-/m1/s1. The van der Waals surface area contributed by atoms with Crippen molar-refractivity contribution in [1.82, 2.24) is 14.7 Å². The lowest BCUT2D eigenvalue weighted by molar-refractivity contribution is -0.137. The van der Waals surface area contributed by atoms with Gasteiger partial charge in [-0.05, 0) is 31.9 Å². The number of hydrogen-bond donors (Lipinski definition) is 0. The van der Waals surface area contributed by atoms with E-state index in [1.165, 1.54) is 0 Å². The molecule has 0 aliphatic carbocycles. The predicted molar refractivity (Wildman–Crippen MR) is 88.1 cm³/mol. The van der Waals surface area contributed by atoms with Gasteiger partial charge in [-0.25, -0.2) is 0 Å². The Morgan fingerprint density at radius 3 is 2.96 bits per heavy atom. The van der Waals surface area contributed by atoms with Crippen LogP contribution in [0, 0.1) is 5.92 Å². The highest BCUT2D eigenvalue weighted by Gasteiger charge is 2.29. The zero-order valence-corrected chi connectivity index (χ0v) is 13.7. The third-order valence-corrected chi connectivity index (χ3v) is 4.31. The first kappa shape index (κ1) is 15.6. The number of aromatic nitrogens is 2. The topological polar surface area (TPSA) is 47.4 Å². The number of para-hydroxylation sites is 1. The molecule has 0 bridgehead atoms. The second kappa shape index (κ2) is 6.86. The Morgan fingerprint density at radius 2 is 2.22 bits per heavy atom. The van der Waals surface area contributed by atoms with Crippen molar-refractivity contribution < 1.29 is 9.53 Å². The quantitative estimate of drug-likeness (QED) is 0.852. The van der Waals surface area contributed by atoms with Crippen LogP contribution in [0.2, 0.25) is 0 Å². The molecule has 2 heterocycles. The minimum absolute atomic E-state index is 0.105. The van der Waals surface area contributed by atoms with Crippen LogP contribution >= 0.6 is 0 Å². The highest BCUT2D eigenvalue weighted by Crippen LogP contribution is 2.28.